The van der Waals surface area contributed by atoms with Crippen molar-refractivity contribution in [1.29, 1.82) is 0 Å². The Labute approximate surface area is 103 Å². The van der Waals surface area contributed by atoms with E-state index >= 15 is 0 Å². The summed E-state index contributed by atoms with van der Waals surface area (Å²) in [7, 11) is 0. The molecule has 3 rings (SSSR count). The smallest absolute Gasteiger partial charge is 0.191 e. The van der Waals surface area contributed by atoms with Gasteiger partial charge in [-0.3, -0.25) is 10.1 Å². The van der Waals surface area contributed by atoms with E-state index in [9.17, 15) is 5.11 Å². The molecule has 4 nitrogen and oxygen atoms in total. The van der Waals surface area contributed by atoms with Crippen molar-refractivity contribution < 1.29 is 5.11 Å². The van der Waals surface area contributed by atoms with E-state index in [-0.39, 0.29) is 5.75 Å². The van der Waals surface area contributed by atoms with Gasteiger partial charge in [0.2, 0.25) is 0 Å². The summed E-state index contributed by atoms with van der Waals surface area (Å²) >= 11 is 1.54. The average Bonchev–Trinajstić information content (AvgIpc) is 3.00. The van der Waals surface area contributed by atoms with E-state index in [0.29, 0.717) is 5.56 Å². The molecule has 1 aromatic heterocycles. The molecule has 0 aliphatic carbocycles. The zero-order chi connectivity index (χ0) is 11.7. The molecule has 1 aliphatic heterocycles. The van der Waals surface area contributed by atoms with Crippen LogP contribution in [0.4, 0.5) is 5.13 Å². The Balaban J connectivity index is 1.95. The van der Waals surface area contributed by atoms with Crippen LogP contribution in [-0.2, 0) is 5.11 Å². The first-order valence-corrected chi connectivity index (χ1v) is 6.21. The minimum absolute atomic E-state index is 0.0134. The number of aromatic nitrogens is 1. The fourth-order valence-electron chi connectivity index (χ4n) is 1.72. The van der Waals surface area contributed by atoms with E-state index in [1.807, 2.05) is 16.3 Å². The van der Waals surface area contributed by atoms with Gasteiger partial charge in [0.25, 0.3) is 0 Å². The van der Waals surface area contributed by atoms with Gasteiger partial charge in [-0.05, 0) is 12.1 Å². The molecular weight excluding hydrogens is 234 g/mol. The SMILES string of the molecule is [O]c1ccccc1-c1csc(N2C=NCC2)n1. The third-order valence-electron chi connectivity index (χ3n) is 2.59. The molecule has 0 bridgehead atoms. The van der Waals surface area contributed by atoms with Gasteiger partial charge in [-0.25, -0.2) is 4.98 Å². The predicted octanol–water partition coefficient (Wildman–Crippen LogP) is 2.80. The number of hydrogen-bond donors (Lipinski definition) is 0. The van der Waals surface area contributed by atoms with Crippen LogP contribution in [0.25, 0.3) is 11.3 Å². The van der Waals surface area contributed by atoms with E-state index in [0.717, 1.165) is 23.9 Å². The predicted molar refractivity (Wildman–Crippen MR) is 68.4 cm³/mol. The molecule has 2 heterocycles. The van der Waals surface area contributed by atoms with Gasteiger partial charge in [0, 0.05) is 17.5 Å². The van der Waals surface area contributed by atoms with Gasteiger partial charge in [-0.1, -0.05) is 12.1 Å². The second kappa shape index (κ2) is 4.18. The summed E-state index contributed by atoms with van der Waals surface area (Å²) in [5.74, 6) is 0.0134. The summed E-state index contributed by atoms with van der Waals surface area (Å²) < 4.78 is 0. The molecule has 1 radical (unpaired) electrons. The van der Waals surface area contributed by atoms with E-state index in [1.54, 1.807) is 24.5 Å². The molecule has 0 saturated heterocycles. The maximum absolute atomic E-state index is 11.7. The van der Waals surface area contributed by atoms with Crippen LogP contribution >= 0.6 is 11.3 Å². The van der Waals surface area contributed by atoms with Gasteiger partial charge in [0.05, 0.1) is 18.6 Å². The summed E-state index contributed by atoms with van der Waals surface area (Å²) in [6.07, 6.45) is 1.80. The highest BCUT2D eigenvalue weighted by Gasteiger charge is 2.14. The van der Waals surface area contributed by atoms with Gasteiger partial charge >= 0.3 is 0 Å². The van der Waals surface area contributed by atoms with Crippen LogP contribution in [0.2, 0.25) is 0 Å². The monoisotopic (exact) mass is 244 g/mol. The third kappa shape index (κ3) is 1.89. The van der Waals surface area contributed by atoms with E-state index in [4.69, 9.17) is 0 Å². The molecule has 0 fully saturated rings. The molecule has 0 N–H and O–H groups in total. The number of benzene rings is 1. The highest BCUT2D eigenvalue weighted by Crippen LogP contribution is 2.32. The van der Waals surface area contributed by atoms with Crippen molar-refractivity contribution in [2.24, 2.45) is 4.99 Å². The Kier molecular flexibility index (Phi) is 2.53. The second-order valence-corrected chi connectivity index (χ2v) is 4.56. The number of rotatable bonds is 2. The summed E-state index contributed by atoms with van der Waals surface area (Å²) in [4.78, 5) is 10.6. The van der Waals surface area contributed by atoms with Crippen LogP contribution in [0.15, 0.2) is 34.6 Å². The van der Waals surface area contributed by atoms with Crippen LogP contribution in [0.5, 0.6) is 5.75 Å². The van der Waals surface area contributed by atoms with Crippen molar-refractivity contribution in [2.75, 3.05) is 18.0 Å². The lowest BCUT2D eigenvalue weighted by atomic mass is 10.1. The maximum atomic E-state index is 11.7. The first-order valence-electron chi connectivity index (χ1n) is 5.33. The molecule has 0 unspecified atom stereocenters. The van der Waals surface area contributed by atoms with Crippen molar-refractivity contribution in [3.05, 3.63) is 29.6 Å². The fraction of sp³-hybridized carbons (Fsp3) is 0.167. The largest absolute Gasteiger partial charge is 0.307 e. The van der Waals surface area contributed by atoms with E-state index < -0.39 is 0 Å². The van der Waals surface area contributed by atoms with Gasteiger partial charge in [-0.15, -0.1) is 11.3 Å². The van der Waals surface area contributed by atoms with Gasteiger partial charge in [0.1, 0.15) is 0 Å². The molecule has 0 amide bonds. The fourth-order valence-corrected chi connectivity index (χ4v) is 2.54. The van der Waals surface area contributed by atoms with Gasteiger partial charge < -0.3 is 4.90 Å². The number of hydrogen-bond acceptors (Lipinski definition) is 4. The minimum Gasteiger partial charge on any atom is -0.307 e. The van der Waals surface area contributed by atoms with Crippen LogP contribution in [0.3, 0.4) is 0 Å². The summed E-state index contributed by atoms with van der Waals surface area (Å²) in [6, 6.07) is 6.96. The van der Waals surface area contributed by atoms with Gasteiger partial charge in [0.15, 0.2) is 10.9 Å². The highest BCUT2D eigenvalue weighted by molar-refractivity contribution is 7.14. The number of aliphatic imine (C=N–C) groups is 1. The molecule has 1 aliphatic rings. The Morgan fingerprint density at radius 1 is 1.29 bits per heavy atom. The molecule has 1 aromatic carbocycles. The second-order valence-electron chi connectivity index (χ2n) is 3.73. The number of para-hydroxylation sites is 1. The van der Waals surface area contributed by atoms with Crippen molar-refractivity contribution >= 4 is 22.8 Å². The Morgan fingerprint density at radius 3 is 2.94 bits per heavy atom. The Morgan fingerprint density at radius 2 is 2.18 bits per heavy atom. The van der Waals surface area contributed by atoms with E-state index in [2.05, 4.69) is 9.98 Å². The van der Waals surface area contributed by atoms with Crippen molar-refractivity contribution in [3.8, 4) is 17.0 Å². The Bertz CT molecular complexity index is 564. The molecule has 0 saturated carbocycles. The number of thiazole rings is 1. The molecule has 0 atom stereocenters. The first kappa shape index (κ1) is 10.3. The van der Waals surface area contributed by atoms with Crippen molar-refractivity contribution in [1.82, 2.24) is 4.98 Å². The zero-order valence-corrected chi connectivity index (χ0v) is 9.85. The maximum Gasteiger partial charge on any atom is 0.191 e. The van der Waals surface area contributed by atoms with Crippen LogP contribution in [-0.4, -0.2) is 24.4 Å². The standard InChI is InChI=1S/C12H10N3OS/c16-11-4-2-1-3-9(11)10-7-17-12(14-10)15-6-5-13-8-15/h1-4,7-8H,5-6H2. The zero-order valence-electron chi connectivity index (χ0n) is 9.04. The van der Waals surface area contributed by atoms with Crippen molar-refractivity contribution in [2.45, 2.75) is 0 Å². The summed E-state index contributed by atoms with van der Waals surface area (Å²) in [6.45, 7) is 1.68. The topological polar surface area (TPSA) is 48.4 Å². The molecule has 17 heavy (non-hydrogen) atoms. The van der Waals surface area contributed by atoms with Crippen LogP contribution in [0.1, 0.15) is 0 Å². The van der Waals surface area contributed by atoms with E-state index in [1.165, 1.54) is 11.3 Å². The minimum atomic E-state index is 0.0134. The van der Waals surface area contributed by atoms with Crippen LogP contribution < -0.4 is 4.90 Å². The number of anilines is 1. The molecule has 5 heteroatoms. The lowest BCUT2D eigenvalue weighted by molar-refractivity contribution is 0.356. The van der Waals surface area contributed by atoms with Crippen LogP contribution in [0, 0.1) is 0 Å². The number of nitrogens with zero attached hydrogens (tertiary/aromatic N) is 3. The quantitative estimate of drug-likeness (QED) is 0.815. The Hall–Kier alpha value is -1.88. The summed E-state index contributed by atoms with van der Waals surface area (Å²) in [5.41, 5.74) is 1.40. The van der Waals surface area contributed by atoms with Gasteiger partial charge in [-0.2, -0.15) is 0 Å². The highest BCUT2D eigenvalue weighted by atomic mass is 32.1. The molecule has 0 spiro atoms. The molecular formula is C12H10N3OS. The normalized spacial score (nSPS) is 14.5. The molecule has 2 aromatic rings. The first-order chi connectivity index (χ1) is 8.34. The summed E-state index contributed by atoms with van der Waals surface area (Å²) in [5, 5.41) is 14.5. The third-order valence-corrected chi connectivity index (χ3v) is 3.47. The lowest BCUT2D eigenvalue weighted by Gasteiger charge is -2.07. The average molecular weight is 244 g/mol. The molecule has 85 valence electrons. The van der Waals surface area contributed by atoms with Crippen molar-refractivity contribution in [3.63, 3.8) is 0 Å². The lowest BCUT2D eigenvalue weighted by Crippen LogP contribution is -2.17.